The smallest absolute Gasteiger partial charge is 0.262 e. The van der Waals surface area contributed by atoms with Crippen molar-refractivity contribution < 1.29 is 21.6 Å². The number of rotatable bonds is 3. The molecule has 0 spiro atoms. The van der Waals surface area contributed by atoms with Crippen LogP contribution in [-0.4, -0.2) is 8.42 Å². The second kappa shape index (κ2) is 5.57. The van der Waals surface area contributed by atoms with E-state index in [1.165, 1.54) is 18.2 Å². The average Bonchev–Trinajstić information content (AvgIpc) is 2.38. The molecule has 0 aliphatic carbocycles. The van der Waals surface area contributed by atoms with Gasteiger partial charge in [-0.15, -0.1) is 0 Å². The Bertz CT molecular complexity index is 812. The summed E-state index contributed by atoms with van der Waals surface area (Å²) in [5.74, 6) is -4.09. The third-order valence-corrected chi connectivity index (χ3v) is 4.57. The summed E-state index contributed by atoms with van der Waals surface area (Å²) in [6.07, 6.45) is 0. The van der Waals surface area contributed by atoms with Crippen LogP contribution in [-0.2, 0) is 10.0 Å². The molecule has 112 valence electrons. The summed E-state index contributed by atoms with van der Waals surface area (Å²) in [7, 11) is -4.22. The van der Waals surface area contributed by atoms with E-state index in [9.17, 15) is 21.6 Å². The molecule has 0 bridgehead atoms. The first-order valence-corrected chi connectivity index (χ1v) is 7.71. The normalized spacial score (nSPS) is 11.4. The molecule has 0 unspecified atom stereocenters. The van der Waals surface area contributed by atoms with Crippen LogP contribution in [0, 0.1) is 17.5 Å². The van der Waals surface area contributed by atoms with Crippen LogP contribution in [0.4, 0.5) is 24.5 Å². The summed E-state index contributed by atoms with van der Waals surface area (Å²) in [6.45, 7) is 0. The highest BCUT2D eigenvalue weighted by molar-refractivity contribution is 9.10. The van der Waals surface area contributed by atoms with E-state index >= 15 is 0 Å². The van der Waals surface area contributed by atoms with Crippen molar-refractivity contribution in [3.8, 4) is 0 Å². The van der Waals surface area contributed by atoms with E-state index in [4.69, 9.17) is 5.73 Å². The lowest BCUT2D eigenvalue weighted by molar-refractivity contribution is 0.498. The van der Waals surface area contributed by atoms with Gasteiger partial charge in [0, 0.05) is 22.3 Å². The number of nitrogen functional groups attached to an aromatic ring is 1. The monoisotopic (exact) mass is 380 g/mol. The molecular weight excluding hydrogens is 373 g/mol. The molecule has 0 aliphatic rings. The van der Waals surface area contributed by atoms with E-state index in [-0.39, 0.29) is 4.90 Å². The summed E-state index contributed by atoms with van der Waals surface area (Å²) in [6, 6.07) is 4.54. The Balaban J connectivity index is 2.44. The maximum absolute atomic E-state index is 13.5. The third kappa shape index (κ3) is 3.30. The van der Waals surface area contributed by atoms with Gasteiger partial charge in [-0.1, -0.05) is 0 Å². The topological polar surface area (TPSA) is 72.2 Å². The number of anilines is 2. The Hall–Kier alpha value is -1.74. The zero-order chi connectivity index (χ0) is 15.8. The van der Waals surface area contributed by atoms with Crippen LogP contribution >= 0.6 is 15.9 Å². The lowest BCUT2D eigenvalue weighted by atomic mass is 10.3. The fraction of sp³-hybridized carbons (Fsp3) is 0. The van der Waals surface area contributed by atoms with Crippen LogP contribution in [0.5, 0.6) is 0 Å². The van der Waals surface area contributed by atoms with Crippen molar-refractivity contribution in [3.05, 3.63) is 52.3 Å². The molecule has 0 saturated carbocycles. The molecule has 2 aromatic rings. The van der Waals surface area contributed by atoms with Gasteiger partial charge in [0.1, 0.15) is 5.82 Å². The van der Waals surface area contributed by atoms with Crippen molar-refractivity contribution in [1.82, 2.24) is 0 Å². The Morgan fingerprint density at radius 3 is 2.38 bits per heavy atom. The fourth-order valence-corrected chi connectivity index (χ4v) is 3.12. The van der Waals surface area contributed by atoms with Gasteiger partial charge in [-0.3, -0.25) is 4.72 Å². The van der Waals surface area contributed by atoms with Crippen LogP contribution in [0.2, 0.25) is 0 Å². The van der Waals surface area contributed by atoms with Crippen LogP contribution in [0.15, 0.2) is 39.7 Å². The van der Waals surface area contributed by atoms with Gasteiger partial charge in [0.25, 0.3) is 10.0 Å². The maximum Gasteiger partial charge on any atom is 0.262 e. The van der Waals surface area contributed by atoms with Gasteiger partial charge in [0.15, 0.2) is 11.6 Å². The molecule has 0 heterocycles. The van der Waals surface area contributed by atoms with Crippen molar-refractivity contribution in [2.75, 3.05) is 10.5 Å². The van der Waals surface area contributed by atoms with Gasteiger partial charge in [-0.2, -0.15) is 0 Å². The zero-order valence-corrected chi connectivity index (χ0v) is 12.6. The highest BCUT2D eigenvalue weighted by Gasteiger charge is 2.20. The minimum atomic E-state index is -4.22. The molecule has 0 fully saturated rings. The molecule has 3 N–H and O–H groups in total. The minimum Gasteiger partial charge on any atom is -0.398 e. The average molecular weight is 381 g/mol. The largest absolute Gasteiger partial charge is 0.398 e. The predicted molar refractivity (Wildman–Crippen MR) is 75.7 cm³/mol. The molecule has 21 heavy (non-hydrogen) atoms. The van der Waals surface area contributed by atoms with Gasteiger partial charge < -0.3 is 5.73 Å². The molecule has 2 rings (SSSR count). The first-order valence-electron chi connectivity index (χ1n) is 5.43. The molecule has 9 heteroatoms. The van der Waals surface area contributed by atoms with Crippen LogP contribution in [0.1, 0.15) is 0 Å². The molecule has 4 nitrogen and oxygen atoms in total. The summed E-state index contributed by atoms with van der Waals surface area (Å²) in [5, 5.41) is 0. The van der Waals surface area contributed by atoms with Crippen molar-refractivity contribution in [2.24, 2.45) is 0 Å². The Morgan fingerprint density at radius 2 is 1.76 bits per heavy atom. The molecule has 0 aliphatic heterocycles. The summed E-state index contributed by atoms with van der Waals surface area (Å²) in [4.78, 5) is -0.243. The van der Waals surface area contributed by atoms with Crippen molar-refractivity contribution in [1.29, 1.82) is 0 Å². The van der Waals surface area contributed by atoms with Crippen LogP contribution in [0.25, 0.3) is 0 Å². The van der Waals surface area contributed by atoms with Crippen molar-refractivity contribution in [2.45, 2.75) is 4.90 Å². The van der Waals surface area contributed by atoms with Crippen LogP contribution < -0.4 is 10.5 Å². The van der Waals surface area contributed by atoms with Gasteiger partial charge in [-0.05, 0) is 34.1 Å². The number of nitrogens with two attached hydrogens (primary N) is 1. The molecule has 0 amide bonds. The van der Waals surface area contributed by atoms with Gasteiger partial charge in [-0.25, -0.2) is 21.6 Å². The SMILES string of the molecule is Nc1ccc(S(=O)(=O)Nc2cc(F)cc(F)c2F)cc1Br. The second-order valence-electron chi connectivity index (χ2n) is 4.04. The number of benzene rings is 2. The molecule has 2 aromatic carbocycles. The van der Waals surface area contributed by atoms with E-state index in [1.807, 2.05) is 0 Å². The fourth-order valence-electron chi connectivity index (χ4n) is 1.51. The quantitative estimate of drug-likeness (QED) is 0.634. The molecule has 0 saturated heterocycles. The van der Waals surface area contributed by atoms with Crippen molar-refractivity contribution in [3.63, 3.8) is 0 Å². The van der Waals surface area contributed by atoms with Gasteiger partial charge in [0.2, 0.25) is 0 Å². The van der Waals surface area contributed by atoms with Crippen molar-refractivity contribution >= 4 is 37.3 Å². The van der Waals surface area contributed by atoms with E-state index in [0.29, 0.717) is 22.3 Å². The molecule has 0 atom stereocenters. The first-order chi connectivity index (χ1) is 9.70. The van der Waals surface area contributed by atoms with Gasteiger partial charge in [0.05, 0.1) is 10.6 Å². The second-order valence-corrected chi connectivity index (χ2v) is 6.57. The standard InChI is InChI=1S/C12H8BrF3N2O2S/c13-8-5-7(1-2-10(8)17)21(19,20)18-11-4-6(14)3-9(15)12(11)16/h1-5,18H,17H2. The summed E-state index contributed by atoms with van der Waals surface area (Å²) < 4.78 is 65.8. The highest BCUT2D eigenvalue weighted by atomic mass is 79.9. The number of hydrogen-bond acceptors (Lipinski definition) is 3. The Morgan fingerprint density at radius 1 is 1.10 bits per heavy atom. The van der Waals surface area contributed by atoms with E-state index in [2.05, 4.69) is 15.9 Å². The number of sulfonamides is 1. The number of halogens is 4. The van der Waals surface area contributed by atoms with E-state index < -0.39 is 33.2 Å². The minimum absolute atomic E-state index is 0.243. The summed E-state index contributed by atoms with van der Waals surface area (Å²) >= 11 is 3.05. The van der Waals surface area contributed by atoms with E-state index in [0.717, 1.165) is 0 Å². The Labute approximate surface area is 127 Å². The lowest BCUT2D eigenvalue weighted by Crippen LogP contribution is -2.15. The molecule has 0 aromatic heterocycles. The Kier molecular flexibility index (Phi) is 4.15. The highest BCUT2D eigenvalue weighted by Crippen LogP contribution is 2.26. The molecular formula is C12H8BrF3N2O2S. The van der Waals surface area contributed by atoms with Gasteiger partial charge >= 0.3 is 0 Å². The first kappa shape index (κ1) is 15.6. The maximum atomic E-state index is 13.5. The van der Waals surface area contributed by atoms with E-state index in [1.54, 1.807) is 4.72 Å². The third-order valence-electron chi connectivity index (χ3n) is 2.52. The lowest BCUT2D eigenvalue weighted by Gasteiger charge is -2.10. The zero-order valence-electron chi connectivity index (χ0n) is 10.2. The van der Waals surface area contributed by atoms with Crippen LogP contribution in [0.3, 0.4) is 0 Å². The summed E-state index contributed by atoms with van der Waals surface area (Å²) in [5.41, 5.74) is 5.01. The number of hydrogen-bond donors (Lipinski definition) is 2. The number of nitrogens with one attached hydrogen (secondary N) is 1. The predicted octanol–water partition coefficient (Wildman–Crippen LogP) is 3.25. The molecule has 0 radical (unpaired) electrons.